The summed E-state index contributed by atoms with van der Waals surface area (Å²) in [5.41, 5.74) is 0.645. The van der Waals surface area contributed by atoms with Crippen LogP contribution in [0.25, 0.3) is 0 Å². The van der Waals surface area contributed by atoms with Crippen LogP contribution in [-0.2, 0) is 26.2 Å². The van der Waals surface area contributed by atoms with Crippen LogP contribution in [0.3, 0.4) is 0 Å². The molecule has 0 fully saturated rings. The SMILES string of the molecule is CCNC(=O)C(C)N(Cc1ccc(Cl)c(Cl)c1)C(=O)CN(C)S(=O)(=O)c1ccc(Cl)cc1. The smallest absolute Gasteiger partial charge is 0.243 e. The molecular weight excluding hydrogens is 497 g/mol. The third-order valence-corrected chi connectivity index (χ3v) is 7.54. The summed E-state index contributed by atoms with van der Waals surface area (Å²) < 4.78 is 26.6. The van der Waals surface area contributed by atoms with Crippen molar-refractivity contribution in [3.63, 3.8) is 0 Å². The van der Waals surface area contributed by atoms with Crippen molar-refractivity contribution in [2.45, 2.75) is 31.3 Å². The molecule has 0 radical (unpaired) electrons. The number of nitrogens with zero attached hydrogens (tertiary/aromatic N) is 2. The molecule has 0 spiro atoms. The van der Waals surface area contributed by atoms with E-state index in [1.54, 1.807) is 32.0 Å². The first-order valence-electron chi connectivity index (χ1n) is 9.70. The highest BCUT2D eigenvalue weighted by atomic mass is 35.5. The van der Waals surface area contributed by atoms with Gasteiger partial charge in [-0.25, -0.2) is 8.42 Å². The number of carbonyl (C=O) groups excluding carboxylic acids is 2. The molecule has 2 aromatic rings. The van der Waals surface area contributed by atoms with Gasteiger partial charge in [0.25, 0.3) is 0 Å². The Morgan fingerprint density at radius 3 is 2.22 bits per heavy atom. The van der Waals surface area contributed by atoms with Crippen molar-refractivity contribution in [2.24, 2.45) is 0 Å². The van der Waals surface area contributed by atoms with Crippen LogP contribution in [0.15, 0.2) is 47.4 Å². The lowest BCUT2D eigenvalue weighted by atomic mass is 10.1. The predicted molar refractivity (Wildman–Crippen MR) is 126 cm³/mol. The average molecular weight is 521 g/mol. The largest absolute Gasteiger partial charge is 0.355 e. The second-order valence-corrected chi connectivity index (χ2v) is 10.4. The van der Waals surface area contributed by atoms with Crippen molar-refractivity contribution >= 4 is 56.6 Å². The number of halogens is 3. The van der Waals surface area contributed by atoms with E-state index in [9.17, 15) is 18.0 Å². The van der Waals surface area contributed by atoms with Gasteiger partial charge in [0.2, 0.25) is 21.8 Å². The molecule has 1 N–H and O–H groups in total. The molecule has 0 saturated carbocycles. The van der Waals surface area contributed by atoms with Crippen molar-refractivity contribution in [2.75, 3.05) is 20.1 Å². The van der Waals surface area contributed by atoms with Crippen LogP contribution in [0.5, 0.6) is 0 Å². The summed E-state index contributed by atoms with van der Waals surface area (Å²) in [4.78, 5) is 26.9. The molecule has 2 rings (SSSR count). The Morgan fingerprint density at radius 2 is 1.66 bits per heavy atom. The Balaban J connectivity index is 2.28. The fourth-order valence-electron chi connectivity index (χ4n) is 2.89. The first-order chi connectivity index (χ1) is 15.0. The van der Waals surface area contributed by atoms with Gasteiger partial charge in [0, 0.05) is 25.2 Å². The van der Waals surface area contributed by atoms with Crippen LogP contribution in [0.2, 0.25) is 15.1 Å². The van der Waals surface area contributed by atoms with E-state index in [2.05, 4.69) is 5.32 Å². The topological polar surface area (TPSA) is 86.8 Å². The van der Waals surface area contributed by atoms with Gasteiger partial charge in [0.15, 0.2) is 0 Å². The van der Waals surface area contributed by atoms with Gasteiger partial charge in [-0.3, -0.25) is 9.59 Å². The van der Waals surface area contributed by atoms with Crippen molar-refractivity contribution in [3.05, 3.63) is 63.1 Å². The van der Waals surface area contributed by atoms with E-state index in [0.717, 1.165) is 4.31 Å². The lowest BCUT2D eigenvalue weighted by Gasteiger charge is -2.30. The molecule has 0 aliphatic rings. The zero-order valence-corrected chi connectivity index (χ0v) is 20.9. The van der Waals surface area contributed by atoms with Crippen LogP contribution in [-0.4, -0.2) is 55.6 Å². The molecule has 2 amide bonds. The number of sulfonamides is 1. The Bertz CT molecular complexity index is 1080. The third-order valence-electron chi connectivity index (χ3n) is 4.73. The lowest BCUT2D eigenvalue weighted by Crippen LogP contribution is -2.50. The number of hydrogen-bond donors (Lipinski definition) is 1. The standard InChI is InChI=1S/C21H24Cl3N3O4S/c1-4-25-21(29)14(2)27(12-15-5-10-18(23)19(24)11-15)20(28)13-26(3)32(30,31)17-8-6-16(22)7-9-17/h5-11,14H,4,12-13H2,1-3H3,(H,25,29). The molecular formula is C21H24Cl3N3O4S. The van der Waals surface area contributed by atoms with Gasteiger partial charge < -0.3 is 10.2 Å². The lowest BCUT2D eigenvalue weighted by molar-refractivity contribution is -0.140. The molecule has 2 aromatic carbocycles. The molecule has 7 nitrogen and oxygen atoms in total. The summed E-state index contributed by atoms with van der Waals surface area (Å²) in [6.07, 6.45) is 0. The van der Waals surface area contributed by atoms with Gasteiger partial charge >= 0.3 is 0 Å². The number of hydrogen-bond acceptors (Lipinski definition) is 4. The number of likely N-dealkylation sites (N-methyl/N-ethyl adjacent to an activating group) is 2. The monoisotopic (exact) mass is 519 g/mol. The Kier molecular flexibility index (Phi) is 9.36. The summed E-state index contributed by atoms with van der Waals surface area (Å²) in [7, 11) is -2.64. The second kappa shape index (κ2) is 11.3. The molecule has 0 aliphatic heterocycles. The van der Waals surface area contributed by atoms with Gasteiger partial charge in [-0.05, 0) is 55.8 Å². The van der Waals surface area contributed by atoms with E-state index < -0.39 is 28.5 Å². The minimum Gasteiger partial charge on any atom is -0.355 e. The molecule has 0 aromatic heterocycles. The summed E-state index contributed by atoms with van der Waals surface area (Å²) in [6, 6.07) is 9.68. The molecule has 1 atom stereocenters. The van der Waals surface area contributed by atoms with E-state index in [-0.39, 0.29) is 17.3 Å². The van der Waals surface area contributed by atoms with Crippen LogP contribution in [0, 0.1) is 0 Å². The fraction of sp³-hybridized carbons (Fsp3) is 0.333. The van der Waals surface area contributed by atoms with Gasteiger partial charge in [-0.2, -0.15) is 4.31 Å². The highest BCUT2D eigenvalue weighted by molar-refractivity contribution is 7.89. The molecule has 1 unspecified atom stereocenters. The van der Waals surface area contributed by atoms with Crippen molar-refractivity contribution in [1.82, 2.24) is 14.5 Å². The second-order valence-electron chi connectivity index (χ2n) is 7.06. The molecule has 0 heterocycles. The van der Waals surface area contributed by atoms with E-state index in [4.69, 9.17) is 34.8 Å². The molecule has 0 aliphatic carbocycles. The van der Waals surface area contributed by atoms with Gasteiger partial charge in [-0.15, -0.1) is 0 Å². The van der Waals surface area contributed by atoms with Crippen LogP contribution >= 0.6 is 34.8 Å². The van der Waals surface area contributed by atoms with Crippen molar-refractivity contribution in [1.29, 1.82) is 0 Å². The van der Waals surface area contributed by atoms with E-state index in [1.807, 2.05) is 0 Å². The Hall–Kier alpha value is -1.84. The maximum absolute atomic E-state index is 13.2. The first kappa shape index (κ1) is 26.4. The molecule has 32 heavy (non-hydrogen) atoms. The fourth-order valence-corrected chi connectivity index (χ4v) is 4.46. The number of carbonyl (C=O) groups is 2. The summed E-state index contributed by atoms with van der Waals surface area (Å²) >= 11 is 17.9. The van der Waals surface area contributed by atoms with Crippen LogP contribution in [0.4, 0.5) is 0 Å². The maximum Gasteiger partial charge on any atom is 0.243 e. The minimum atomic E-state index is -3.94. The third kappa shape index (κ3) is 6.59. The normalized spacial score (nSPS) is 12.5. The van der Waals surface area contributed by atoms with Gasteiger partial charge in [-0.1, -0.05) is 40.9 Å². The highest BCUT2D eigenvalue weighted by Crippen LogP contribution is 2.24. The molecule has 0 bridgehead atoms. The van der Waals surface area contributed by atoms with Gasteiger partial charge in [0.1, 0.15) is 6.04 Å². The quantitative estimate of drug-likeness (QED) is 0.544. The predicted octanol–water partition coefficient (Wildman–Crippen LogP) is 3.82. The number of rotatable bonds is 9. The van der Waals surface area contributed by atoms with Gasteiger partial charge in [0.05, 0.1) is 21.5 Å². The van der Waals surface area contributed by atoms with Crippen LogP contribution < -0.4 is 5.32 Å². The minimum absolute atomic E-state index is 0.00464. The molecule has 174 valence electrons. The Labute approximate surface area is 203 Å². The van der Waals surface area contributed by atoms with Crippen molar-refractivity contribution in [3.8, 4) is 0 Å². The maximum atomic E-state index is 13.2. The van der Waals surface area contributed by atoms with E-state index >= 15 is 0 Å². The number of benzene rings is 2. The molecule has 0 saturated heterocycles. The number of nitrogens with one attached hydrogen (secondary N) is 1. The summed E-state index contributed by atoms with van der Waals surface area (Å²) in [5.74, 6) is -0.904. The van der Waals surface area contributed by atoms with E-state index in [0.29, 0.717) is 27.2 Å². The van der Waals surface area contributed by atoms with E-state index in [1.165, 1.54) is 36.2 Å². The summed E-state index contributed by atoms with van der Waals surface area (Å²) in [6.45, 7) is 3.32. The highest BCUT2D eigenvalue weighted by Gasteiger charge is 2.30. The molecule has 11 heteroatoms. The summed E-state index contributed by atoms with van der Waals surface area (Å²) in [5, 5.41) is 3.74. The average Bonchev–Trinajstić information content (AvgIpc) is 2.74. The zero-order valence-electron chi connectivity index (χ0n) is 17.8. The first-order valence-corrected chi connectivity index (χ1v) is 12.3. The number of amides is 2. The Morgan fingerprint density at radius 1 is 1.03 bits per heavy atom. The van der Waals surface area contributed by atoms with Crippen molar-refractivity contribution < 1.29 is 18.0 Å². The van der Waals surface area contributed by atoms with Crippen LogP contribution in [0.1, 0.15) is 19.4 Å². The zero-order chi connectivity index (χ0) is 24.1.